The summed E-state index contributed by atoms with van der Waals surface area (Å²) in [6, 6.07) is 17.8. The van der Waals surface area contributed by atoms with Crippen molar-refractivity contribution in [3.63, 3.8) is 0 Å². The molecule has 10 aromatic carbocycles. The van der Waals surface area contributed by atoms with E-state index in [2.05, 4.69) is 4.98 Å². The number of aromatic nitrogens is 5. The zero-order chi connectivity index (χ0) is 57.3. The van der Waals surface area contributed by atoms with Crippen molar-refractivity contribution >= 4 is 65.2 Å². The maximum Gasteiger partial charge on any atom is 0.238 e. The average Bonchev–Trinajstić information content (AvgIpc) is 3.02. The molecule has 0 aliphatic rings. The van der Waals surface area contributed by atoms with Crippen LogP contribution in [0.4, 0.5) is 0 Å². The molecular weight excluding hydrogens is 755 g/mol. The van der Waals surface area contributed by atoms with Crippen LogP contribution in [-0.4, -0.2) is 24.1 Å². The molecular formula is C57H35N5. The summed E-state index contributed by atoms with van der Waals surface area (Å²) in [6.45, 7) is 0. The van der Waals surface area contributed by atoms with Crippen LogP contribution in [0.25, 0.3) is 122 Å². The standard InChI is InChI=1S/C57H35N5/c1-4-15-36(16-5-1)37-29-31-39(32-30-37)56-58-55(38-17-6-2-7-18-38)59-57(60-56)62-49-26-11-10-21-44(49)47-25-12-22-42(54(47)62)40-33-34-43-45-23-13-27-50-52(45)53-46(48(43)35-40)24-14-28-51(53)61(50)41-19-8-3-9-20-41/h1-35H/i1D,2D,3D,4D,5D,6D,7D,8D,9D,15D,16D,17D,18D,19D,20D,29D,30D,31D,32D. The number of hydrogen-bond acceptors (Lipinski definition) is 3. The second kappa shape index (κ2) is 13.6. The number of fused-ring (bicyclic) bond motifs is 6. The predicted molar refractivity (Wildman–Crippen MR) is 256 cm³/mol. The van der Waals surface area contributed by atoms with Crippen molar-refractivity contribution < 1.29 is 26.0 Å². The maximum absolute atomic E-state index is 9.40. The molecule has 3 heterocycles. The molecule has 5 heteroatoms. The Morgan fingerprint density at radius 1 is 0.355 bits per heavy atom. The van der Waals surface area contributed by atoms with Crippen LogP contribution in [0.5, 0.6) is 0 Å². The highest BCUT2D eigenvalue weighted by Crippen LogP contribution is 2.45. The van der Waals surface area contributed by atoms with Crippen LogP contribution in [0.1, 0.15) is 26.0 Å². The normalized spacial score (nSPS) is 16.2. The van der Waals surface area contributed by atoms with Crippen molar-refractivity contribution in [3.05, 3.63) is 212 Å². The van der Waals surface area contributed by atoms with Crippen LogP contribution in [-0.2, 0) is 0 Å². The van der Waals surface area contributed by atoms with Gasteiger partial charge in [0.25, 0.3) is 0 Å². The molecule has 3 aromatic heterocycles. The monoisotopic (exact) mass is 808 g/mol. The Labute approximate surface area is 383 Å². The zero-order valence-corrected chi connectivity index (χ0v) is 32.0. The summed E-state index contributed by atoms with van der Waals surface area (Å²) in [4.78, 5) is 14.3. The lowest BCUT2D eigenvalue weighted by atomic mass is 9.91. The van der Waals surface area contributed by atoms with Gasteiger partial charge < -0.3 is 4.57 Å². The van der Waals surface area contributed by atoms with Gasteiger partial charge in [0.1, 0.15) is 0 Å². The van der Waals surface area contributed by atoms with E-state index in [4.69, 9.17) is 30.5 Å². The number of rotatable bonds is 6. The first-order chi connectivity index (χ1) is 38.7. The van der Waals surface area contributed by atoms with Crippen molar-refractivity contribution in [3.8, 4) is 56.7 Å². The van der Waals surface area contributed by atoms with E-state index in [-0.39, 0.29) is 23.7 Å². The maximum atomic E-state index is 9.40. The van der Waals surface area contributed by atoms with E-state index in [9.17, 15) is 5.48 Å². The molecule has 5 nitrogen and oxygen atoms in total. The first-order valence-corrected chi connectivity index (χ1v) is 19.5. The third-order valence-electron chi connectivity index (χ3n) is 11.3. The predicted octanol–water partition coefficient (Wildman–Crippen LogP) is 14.5. The molecule has 0 saturated carbocycles. The number of para-hydroxylation sites is 3. The van der Waals surface area contributed by atoms with Gasteiger partial charge in [0.2, 0.25) is 5.95 Å². The van der Waals surface area contributed by atoms with Gasteiger partial charge in [-0.25, -0.2) is 4.98 Å². The van der Waals surface area contributed by atoms with E-state index in [1.807, 2.05) is 84.9 Å². The van der Waals surface area contributed by atoms with Crippen molar-refractivity contribution in [2.45, 2.75) is 0 Å². The highest BCUT2D eigenvalue weighted by Gasteiger charge is 2.23. The van der Waals surface area contributed by atoms with E-state index in [0.717, 1.165) is 32.3 Å². The Bertz CT molecular complexity index is 4900. The summed E-state index contributed by atoms with van der Waals surface area (Å²) in [5.74, 6) is -1.22. The highest BCUT2D eigenvalue weighted by atomic mass is 15.2. The Balaban J connectivity index is 1.10. The summed E-state index contributed by atoms with van der Waals surface area (Å²) in [7, 11) is 0. The molecule has 0 fully saturated rings. The number of nitrogens with zero attached hydrogens (tertiary/aromatic N) is 5. The lowest BCUT2D eigenvalue weighted by molar-refractivity contribution is 0.954. The molecule has 13 aromatic rings. The van der Waals surface area contributed by atoms with E-state index in [0.29, 0.717) is 44.0 Å². The van der Waals surface area contributed by atoms with E-state index in [1.54, 1.807) is 21.3 Å². The molecule has 0 N–H and O–H groups in total. The van der Waals surface area contributed by atoms with Crippen molar-refractivity contribution in [2.75, 3.05) is 0 Å². The second-order valence-corrected chi connectivity index (χ2v) is 14.6. The van der Waals surface area contributed by atoms with Gasteiger partial charge in [0, 0.05) is 43.9 Å². The Kier molecular flexibility index (Phi) is 4.53. The van der Waals surface area contributed by atoms with E-state index < -0.39 is 137 Å². The SMILES string of the molecule is [2H]c1c([2H])c([2H])c(-c2nc(-c3c([2H])c([2H])c(-c4c([2H])c([2H])c([2H])c([2H])c4[2H])c([2H])c3[2H])nc(-n3c4ccccc4c4cccc(-c5ccc6c(c5)c5cccc7c5c5c6cccc5n7-c5c([2H])c([2H])c([2H])c([2H])c5[2H])c43)n2)c([2H])c1[2H]. The first kappa shape index (κ1) is 20.7. The van der Waals surface area contributed by atoms with Crippen LogP contribution in [0.3, 0.4) is 0 Å². The van der Waals surface area contributed by atoms with E-state index in [1.165, 1.54) is 0 Å². The van der Waals surface area contributed by atoms with Gasteiger partial charge in [-0.15, -0.1) is 0 Å². The first-order valence-electron chi connectivity index (χ1n) is 29.0. The zero-order valence-electron chi connectivity index (χ0n) is 51.0. The highest BCUT2D eigenvalue weighted by molar-refractivity contribution is 6.34. The smallest absolute Gasteiger partial charge is 0.238 e. The third kappa shape index (κ3) is 5.18. The lowest BCUT2D eigenvalue weighted by Gasteiger charge is -2.14. The number of hydrogen-bond donors (Lipinski definition) is 0. The topological polar surface area (TPSA) is 48.5 Å². The molecule has 0 spiro atoms. The fourth-order valence-corrected chi connectivity index (χ4v) is 8.76. The van der Waals surface area contributed by atoms with Gasteiger partial charge in [0.15, 0.2) is 11.6 Å². The molecule has 0 radical (unpaired) electrons. The Hall–Kier alpha value is -8.41. The molecule has 0 amide bonds. The molecule has 0 aliphatic carbocycles. The molecule has 0 saturated heterocycles. The summed E-state index contributed by atoms with van der Waals surface area (Å²) in [5, 5.41) is 6.39. The van der Waals surface area contributed by atoms with Crippen LogP contribution < -0.4 is 0 Å². The van der Waals surface area contributed by atoms with Gasteiger partial charge in [-0.3, -0.25) is 4.57 Å². The van der Waals surface area contributed by atoms with Crippen LogP contribution in [0.15, 0.2) is 212 Å². The minimum absolute atomic E-state index is 0.0150. The van der Waals surface area contributed by atoms with Crippen molar-refractivity contribution in [1.82, 2.24) is 24.1 Å². The average molecular weight is 809 g/mol. The molecule has 0 aliphatic heterocycles. The Morgan fingerprint density at radius 3 is 1.60 bits per heavy atom. The largest absolute Gasteiger partial charge is 0.309 e. The minimum atomic E-state index is -0.799. The molecule has 0 atom stereocenters. The molecule has 288 valence electrons. The molecule has 62 heavy (non-hydrogen) atoms. The summed E-state index contributed by atoms with van der Waals surface area (Å²) in [5.41, 5.74) is 1.52. The van der Waals surface area contributed by atoms with Crippen molar-refractivity contribution in [2.24, 2.45) is 0 Å². The van der Waals surface area contributed by atoms with Gasteiger partial charge in [-0.1, -0.05) is 176 Å². The Morgan fingerprint density at radius 2 is 0.887 bits per heavy atom. The lowest BCUT2D eigenvalue weighted by Crippen LogP contribution is -2.07. The summed E-state index contributed by atoms with van der Waals surface area (Å²) in [6.07, 6.45) is 0. The van der Waals surface area contributed by atoms with E-state index >= 15 is 0 Å². The van der Waals surface area contributed by atoms with Gasteiger partial charge in [-0.05, 0) is 74.6 Å². The fraction of sp³-hybridized carbons (Fsp3) is 0. The van der Waals surface area contributed by atoms with Crippen LogP contribution >= 0.6 is 0 Å². The van der Waals surface area contributed by atoms with Crippen LogP contribution in [0.2, 0.25) is 0 Å². The molecule has 13 rings (SSSR count). The minimum Gasteiger partial charge on any atom is -0.309 e. The van der Waals surface area contributed by atoms with Gasteiger partial charge in [0.05, 0.1) is 48.1 Å². The fourth-order valence-electron chi connectivity index (χ4n) is 8.76. The summed E-state index contributed by atoms with van der Waals surface area (Å²) < 4.78 is 170. The quantitative estimate of drug-likeness (QED) is 0.157. The molecule has 0 unspecified atom stereocenters. The van der Waals surface area contributed by atoms with Crippen molar-refractivity contribution in [1.29, 1.82) is 0 Å². The summed E-state index contributed by atoms with van der Waals surface area (Å²) >= 11 is 0. The third-order valence-corrected chi connectivity index (χ3v) is 11.3. The van der Waals surface area contributed by atoms with Crippen LogP contribution in [0, 0.1) is 0 Å². The van der Waals surface area contributed by atoms with Gasteiger partial charge >= 0.3 is 0 Å². The number of benzene rings is 10. The second-order valence-electron chi connectivity index (χ2n) is 14.6. The molecule has 0 bridgehead atoms. The van der Waals surface area contributed by atoms with Gasteiger partial charge in [-0.2, -0.15) is 9.97 Å².